The molecule has 18 heavy (non-hydrogen) atoms. The van der Waals surface area contributed by atoms with Gasteiger partial charge in [0.15, 0.2) is 0 Å². The number of halogens is 3. The Bertz CT molecular complexity index is 443. The van der Waals surface area contributed by atoms with Gasteiger partial charge in [-0.2, -0.15) is 13.2 Å². The molecule has 100 valence electrons. The van der Waals surface area contributed by atoms with Crippen molar-refractivity contribution in [3.8, 4) is 0 Å². The van der Waals surface area contributed by atoms with E-state index in [0.29, 0.717) is 12.5 Å². The molecule has 0 fully saturated rings. The Morgan fingerprint density at radius 1 is 1.39 bits per heavy atom. The van der Waals surface area contributed by atoms with Crippen molar-refractivity contribution in [1.29, 1.82) is 0 Å². The average Bonchev–Trinajstić information content (AvgIpc) is 2.27. The molecule has 1 aromatic rings. The Morgan fingerprint density at radius 2 is 2.00 bits per heavy atom. The number of non-ortho nitro benzene ring substituents is 1. The maximum atomic E-state index is 12.9. The maximum Gasteiger partial charge on any atom is 0.416 e. The summed E-state index contributed by atoms with van der Waals surface area (Å²) in [7, 11) is 0. The van der Waals surface area contributed by atoms with E-state index in [2.05, 4.69) is 0 Å². The highest BCUT2D eigenvalue weighted by atomic mass is 19.4. The van der Waals surface area contributed by atoms with E-state index in [1.807, 2.05) is 6.92 Å². The van der Waals surface area contributed by atoms with Crippen LogP contribution in [0.3, 0.4) is 0 Å². The van der Waals surface area contributed by atoms with Gasteiger partial charge in [0, 0.05) is 12.1 Å². The molecule has 1 unspecified atom stereocenters. The summed E-state index contributed by atoms with van der Waals surface area (Å²) in [5, 5.41) is 10.5. The Labute approximate surface area is 103 Å². The van der Waals surface area contributed by atoms with Crippen molar-refractivity contribution in [3.05, 3.63) is 39.4 Å². The zero-order valence-electron chi connectivity index (χ0n) is 10.1. The minimum absolute atomic E-state index is 0.120. The predicted octanol–water partition coefficient (Wildman–Crippen LogP) is 4.52. The van der Waals surface area contributed by atoms with Crippen LogP contribution in [0.2, 0.25) is 0 Å². The summed E-state index contributed by atoms with van der Waals surface area (Å²) in [5.74, 6) is -0.271. The molecular weight excluding hydrogens is 247 g/mol. The first-order chi connectivity index (χ1) is 8.27. The van der Waals surface area contributed by atoms with Crippen LogP contribution < -0.4 is 0 Å². The van der Waals surface area contributed by atoms with Crippen LogP contribution in [0, 0.1) is 10.1 Å². The summed E-state index contributed by atoms with van der Waals surface area (Å²) in [6, 6.07) is 2.94. The lowest BCUT2D eigenvalue weighted by Crippen LogP contribution is -2.11. The normalized spacial score (nSPS) is 13.4. The van der Waals surface area contributed by atoms with Gasteiger partial charge in [0.2, 0.25) is 0 Å². The molecule has 1 atom stereocenters. The zero-order chi connectivity index (χ0) is 13.9. The van der Waals surface area contributed by atoms with Crippen molar-refractivity contribution in [2.24, 2.45) is 0 Å². The topological polar surface area (TPSA) is 43.1 Å². The summed E-state index contributed by atoms with van der Waals surface area (Å²) in [6.07, 6.45) is -3.19. The Balaban J connectivity index is 3.30. The van der Waals surface area contributed by atoms with Gasteiger partial charge in [0.25, 0.3) is 5.69 Å². The number of nitro groups is 1. The van der Waals surface area contributed by atoms with Gasteiger partial charge in [0.05, 0.1) is 10.5 Å². The fourth-order valence-electron chi connectivity index (χ4n) is 1.92. The van der Waals surface area contributed by atoms with Gasteiger partial charge in [-0.05, 0) is 17.9 Å². The fourth-order valence-corrected chi connectivity index (χ4v) is 1.92. The standard InChI is InChI=1S/C12H14F3NO2/c1-3-4-8(2)10-6-5-9(16(17)18)7-11(10)12(13,14)15/h5-8H,3-4H2,1-2H3. The van der Waals surface area contributed by atoms with Crippen LogP contribution in [0.5, 0.6) is 0 Å². The number of alkyl halides is 3. The quantitative estimate of drug-likeness (QED) is 0.590. The average molecular weight is 261 g/mol. The van der Waals surface area contributed by atoms with Crippen molar-refractivity contribution < 1.29 is 18.1 Å². The van der Waals surface area contributed by atoms with Crippen LogP contribution in [0.1, 0.15) is 43.7 Å². The van der Waals surface area contributed by atoms with Gasteiger partial charge in [-0.25, -0.2) is 0 Å². The van der Waals surface area contributed by atoms with Gasteiger partial charge in [0.1, 0.15) is 0 Å². The van der Waals surface area contributed by atoms with Crippen molar-refractivity contribution in [2.45, 2.75) is 38.8 Å². The van der Waals surface area contributed by atoms with Gasteiger partial charge in [-0.1, -0.05) is 26.3 Å². The third kappa shape index (κ3) is 3.21. The van der Waals surface area contributed by atoms with E-state index in [0.717, 1.165) is 12.5 Å². The molecule has 0 aliphatic carbocycles. The second-order valence-corrected chi connectivity index (χ2v) is 4.22. The Morgan fingerprint density at radius 3 is 2.44 bits per heavy atom. The number of rotatable bonds is 4. The SMILES string of the molecule is CCCC(C)c1ccc([N+](=O)[O-])cc1C(F)(F)F. The summed E-state index contributed by atoms with van der Waals surface area (Å²) in [5.41, 5.74) is -1.32. The third-order valence-corrected chi connectivity index (χ3v) is 2.81. The molecule has 0 aromatic heterocycles. The fraction of sp³-hybridized carbons (Fsp3) is 0.500. The van der Waals surface area contributed by atoms with Crippen molar-refractivity contribution in [2.75, 3.05) is 0 Å². The minimum atomic E-state index is -4.57. The molecule has 1 rings (SSSR count). The molecule has 0 saturated heterocycles. The van der Waals surface area contributed by atoms with E-state index in [9.17, 15) is 23.3 Å². The molecule has 1 aromatic carbocycles. The molecule has 0 N–H and O–H groups in total. The summed E-state index contributed by atoms with van der Waals surface area (Å²) in [4.78, 5) is 9.71. The van der Waals surface area contributed by atoms with Gasteiger partial charge in [-0.3, -0.25) is 10.1 Å². The Kier molecular flexibility index (Phi) is 4.32. The van der Waals surface area contributed by atoms with E-state index < -0.39 is 22.4 Å². The number of benzene rings is 1. The van der Waals surface area contributed by atoms with E-state index in [1.165, 1.54) is 6.07 Å². The van der Waals surface area contributed by atoms with Crippen LogP contribution in [0.15, 0.2) is 18.2 Å². The molecule has 0 saturated carbocycles. The summed E-state index contributed by atoms with van der Waals surface area (Å²) in [6.45, 7) is 3.58. The highest BCUT2D eigenvalue weighted by Gasteiger charge is 2.35. The maximum absolute atomic E-state index is 12.9. The van der Waals surface area contributed by atoms with E-state index in [1.54, 1.807) is 6.92 Å². The van der Waals surface area contributed by atoms with Gasteiger partial charge >= 0.3 is 6.18 Å². The minimum Gasteiger partial charge on any atom is -0.258 e. The van der Waals surface area contributed by atoms with Gasteiger partial charge < -0.3 is 0 Å². The van der Waals surface area contributed by atoms with E-state index in [4.69, 9.17) is 0 Å². The number of nitrogens with zero attached hydrogens (tertiary/aromatic N) is 1. The van der Waals surface area contributed by atoms with Crippen LogP contribution in [-0.2, 0) is 6.18 Å². The molecule has 0 radical (unpaired) electrons. The highest BCUT2D eigenvalue weighted by Crippen LogP contribution is 2.38. The highest BCUT2D eigenvalue weighted by molar-refractivity contribution is 5.42. The monoisotopic (exact) mass is 261 g/mol. The number of nitro benzene ring substituents is 1. The van der Waals surface area contributed by atoms with E-state index in [-0.39, 0.29) is 11.5 Å². The van der Waals surface area contributed by atoms with Crippen molar-refractivity contribution in [1.82, 2.24) is 0 Å². The Hall–Kier alpha value is -1.59. The smallest absolute Gasteiger partial charge is 0.258 e. The summed E-state index contributed by atoms with van der Waals surface area (Å²) < 4.78 is 38.6. The van der Waals surface area contributed by atoms with Crippen LogP contribution >= 0.6 is 0 Å². The van der Waals surface area contributed by atoms with Crippen LogP contribution in [-0.4, -0.2) is 4.92 Å². The van der Waals surface area contributed by atoms with Crippen LogP contribution in [0.4, 0.5) is 18.9 Å². The second-order valence-electron chi connectivity index (χ2n) is 4.22. The molecule has 0 aliphatic heterocycles. The largest absolute Gasteiger partial charge is 0.416 e. The lowest BCUT2D eigenvalue weighted by molar-refractivity contribution is -0.385. The molecule has 0 amide bonds. The van der Waals surface area contributed by atoms with Gasteiger partial charge in [-0.15, -0.1) is 0 Å². The molecule has 0 aliphatic rings. The molecule has 0 heterocycles. The first kappa shape index (κ1) is 14.5. The first-order valence-corrected chi connectivity index (χ1v) is 5.63. The number of hydrogen-bond acceptors (Lipinski definition) is 2. The zero-order valence-corrected chi connectivity index (χ0v) is 10.1. The second kappa shape index (κ2) is 5.37. The first-order valence-electron chi connectivity index (χ1n) is 5.63. The molecule has 0 spiro atoms. The lowest BCUT2D eigenvalue weighted by atomic mass is 9.91. The number of hydrogen-bond donors (Lipinski definition) is 0. The molecular formula is C12H14F3NO2. The van der Waals surface area contributed by atoms with E-state index >= 15 is 0 Å². The summed E-state index contributed by atoms with van der Waals surface area (Å²) >= 11 is 0. The van der Waals surface area contributed by atoms with Crippen molar-refractivity contribution in [3.63, 3.8) is 0 Å². The lowest BCUT2D eigenvalue weighted by Gasteiger charge is -2.17. The van der Waals surface area contributed by atoms with Crippen molar-refractivity contribution >= 4 is 5.69 Å². The molecule has 6 heteroatoms. The predicted molar refractivity (Wildman–Crippen MR) is 61.4 cm³/mol. The van der Waals surface area contributed by atoms with Crippen LogP contribution in [0.25, 0.3) is 0 Å². The molecule has 0 bridgehead atoms. The third-order valence-electron chi connectivity index (χ3n) is 2.81. The molecule has 3 nitrogen and oxygen atoms in total.